The molecule has 0 saturated carbocycles. The first-order chi connectivity index (χ1) is 8.66. The number of nitrogens with one attached hydrogen (secondary N) is 2. The average Bonchev–Trinajstić information content (AvgIpc) is 2.94. The van der Waals surface area contributed by atoms with Gasteiger partial charge in [-0.2, -0.15) is 0 Å². The van der Waals surface area contributed by atoms with E-state index in [1.807, 2.05) is 4.90 Å². The molecular weight excluding hydrogens is 254 g/mol. The van der Waals surface area contributed by atoms with E-state index in [4.69, 9.17) is 11.6 Å². The normalized spacial score (nSPS) is 15.2. The maximum atomic E-state index is 11.6. The largest absolute Gasteiger partial charge is 0.356 e. The summed E-state index contributed by atoms with van der Waals surface area (Å²) in [5.41, 5.74) is 0.456. The molecule has 0 aromatic carbocycles. The number of aromatic nitrogens is 1. The Bertz CT molecular complexity index is 444. The molecule has 1 aromatic rings. The number of H-pyrrole nitrogens is 1. The third-order valence-corrected chi connectivity index (χ3v) is 3.17. The lowest BCUT2D eigenvalue weighted by atomic mass is 10.3. The maximum absolute atomic E-state index is 11.6. The molecule has 6 heteroatoms. The van der Waals surface area contributed by atoms with E-state index in [1.54, 1.807) is 12.3 Å². The zero-order valence-corrected chi connectivity index (χ0v) is 10.8. The van der Waals surface area contributed by atoms with Crippen molar-refractivity contribution in [2.45, 2.75) is 19.3 Å². The van der Waals surface area contributed by atoms with Gasteiger partial charge in [0.05, 0.1) is 5.02 Å². The molecule has 0 unspecified atom stereocenters. The summed E-state index contributed by atoms with van der Waals surface area (Å²) >= 11 is 5.71. The second-order valence-electron chi connectivity index (χ2n) is 4.33. The minimum absolute atomic E-state index is 0.172. The summed E-state index contributed by atoms with van der Waals surface area (Å²) in [6.45, 7) is 2.11. The third kappa shape index (κ3) is 3.26. The summed E-state index contributed by atoms with van der Waals surface area (Å²) in [5.74, 6) is 0.0483. The molecular formula is C12H16ClN3O2. The summed E-state index contributed by atoms with van der Waals surface area (Å²) in [5, 5.41) is 3.30. The minimum Gasteiger partial charge on any atom is -0.356 e. The van der Waals surface area contributed by atoms with Gasteiger partial charge in [0.25, 0.3) is 5.91 Å². The topological polar surface area (TPSA) is 65.2 Å². The molecule has 18 heavy (non-hydrogen) atoms. The van der Waals surface area contributed by atoms with Gasteiger partial charge in [0.2, 0.25) is 5.91 Å². The van der Waals surface area contributed by atoms with E-state index in [0.29, 0.717) is 30.2 Å². The Labute approximate surface area is 110 Å². The molecule has 1 fully saturated rings. The van der Waals surface area contributed by atoms with Crippen LogP contribution in [-0.2, 0) is 4.79 Å². The van der Waals surface area contributed by atoms with Gasteiger partial charge < -0.3 is 15.2 Å². The van der Waals surface area contributed by atoms with Gasteiger partial charge in [-0.25, -0.2) is 0 Å². The highest BCUT2D eigenvalue weighted by Gasteiger charge is 2.19. The number of hydrogen-bond acceptors (Lipinski definition) is 2. The fourth-order valence-corrected chi connectivity index (χ4v) is 2.17. The predicted molar refractivity (Wildman–Crippen MR) is 68.6 cm³/mol. The van der Waals surface area contributed by atoms with Crippen LogP contribution in [0.4, 0.5) is 0 Å². The molecule has 0 atom stereocenters. The van der Waals surface area contributed by atoms with Gasteiger partial charge in [-0.3, -0.25) is 9.59 Å². The maximum Gasteiger partial charge on any atom is 0.267 e. The van der Waals surface area contributed by atoms with Crippen molar-refractivity contribution in [2.75, 3.05) is 19.6 Å². The van der Waals surface area contributed by atoms with Gasteiger partial charge in [0.1, 0.15) is 5.69 Å². The first-order valence-corrected chi connectivity index (χ1v) is 6.44. The zero-order valence-electron chi connectivity index (χ0n) is 10.0. The van der Waals surface area contributed by atoms with Gasteiger partial charge >= 0.3 is 0 Å². The number of hydrogen-bond donors (Lipinski definition) is 2. The fraction of sp³-hybridized carbons (Fsp3) is 0.500. The number of halogens is 1. The Kier molecular flexibility index (Phi) is 4.25. The summed E-state index contributed by atoms with van der Waals surface area (Å²) in [6, 6.07) is 1.58. The molecule has 0 radical (unpaired) electrons. The van der Waals surface area contributed by atoms with Crippen LogP contribution in [0.3, 0.4) is 0 Å². The summed E-state index contributed by atoms with van der Waals surface area (Å²) in [4.78, 5) is 27.6. The van der Waals surface area contributed by atoms with Crippen molar-refractivity contribution in [3.8, 4) is 0 Å². The second-order valence-corrected chi connectivity index (χ2v) is 4.76. The van der Waals surface area contributed by atoms with Crippen molar-refractivity contribution >= 4 is 23.4 Å². The van der Waals surface area contributed by atoms with Gasteiger partial charge in [-0.05, 0) is 18.9 Å². The van der Waals surface area contributed by atoms with Crippen molar-refractivity contribution in [3.63, 3.8) is 0 Å². The Morgan fingerprint density at radius 1 is 1.56 bits per heavy atom. The molecule has 1 saturated heterocycles. The number of carbonyl (C=O) groups is 2. The fourth-order valence-electron chi connectivity index (χ4n) is 2.01. The zero-order chi connectivity index (χ0) is 13.0. The molecule has 2 amide bonds. The Balaban J connectivity index is 1.66. The molecule has 98 valence electrons. The molecule has 1 aromatic heterocycles. The lowest BCUT2D eigenvalue weighted by molar-refractivity contribution is -0.127. The summed E-state index contributed by atoms with van der Waals surface area (Å²) < 4.78 is 0. The van der Waals surface area contributed by atoms with E-state index >= 15 is 0 Å². The van der Waals surface area contributed by atoms with E-state index < -0.39 is 0 Å². The summed E-state index contributed by atoms with van der Waals surface area (Å²) in [7, 11) is 0. The van der Waals surface area contributed by atoms with Gasteiger partial charge in [-0.15, -0.1) is 0 Å². The number of carbonyl (C=O) groups excluding carboxylic acids is 2. The standard InChI is InChI=1S/C12H16ClN3O2/c13-9-7-10(15-8-9)12(18)14-4-2-6-16-5-1-3-11(16)17/h7-8,15H,1-6H2,(H,14,18). The third-order valence-electron chi connectivity index (χ3n) is 2.95. The first kappa shape index (κ1) is 13.0. The molecule has 2 rings (SSSR count). The van der Waals surface area contributed by atoms with Crippen molar-refractivity contribution in [1.82, 2.24) is 15.2 Å². The van der Waals surface area contributed by atoms with Crippen LogP contribution < -0.4 is 5.32 Å². The molecule has 0 spiro atoms. The Hall–Kier alpha value is -1.49. The van der Waals surface area contributed by atoms with E-state index in [1.165, 1.54) is 0 Å². The monoisotopic (exact) mass is 269 g/mol. The van der Waals surface area contributed by atoms with Crippen LogP contribution in [0.15, 0.2) is 12.3 Å². The van der Waals surface area contributed by atoms with Gasteiger partial charge in [0, 0.05) is 32.3 Å². The van der Waals surface area contributed by atoms with E-state index in [-0.39, 0.29) is 11.8 Å². The Morgan fingerprint density at radius 2 is 2.39 bits per heavy atom. The van der Waals surface area contributed by atoms with Crippen molar-refractivity contribution in [1.29, 1.82) is 0 Å². The highest BCUT2D eigenvalue weighted by Crippen LogP contribution is 2.10. The van der Waals surface area contributed by atoms with Crippen LogP contribution >= 0.6 is 11.6 Å². The van der Waals surface area contributed by atoms with Gasteiger partial charge in [-0.1, -0.05) is 11.6 Å². The van der Waals surface area contributed by atoms with Crippen molar-refractivity contribution in [2.24, 2.45) is 0 Å². The molecule has 5 nitrogen and oxygen atoms in total. The van der Waals surface area contributed by atoms with Crippen LogP contribution in [0, 0.1) is 0 Å². The van der Waals surface area contributed by atoms with Crippen molar-refractivity contribution < 1.29 is 9.59 Å². The number of likely N-dealkylation sites (tertiary alicyclic amines) is 1. The molecule has 0 bridgehead atoms. The number of amides is 2. The lowest BCUT2D eigenvalue weighted by Crippen LogP contribution is -2.30. The second kappa shape index (κ2) is 5.91. The first-order valence-electron chi connectivity index (χ1n) is 6.07. The SMILES string of the molecule is O=C(NCCCN1CCCC1=O)c1cc(Cl)c[nH]1. The smallest absolute Gasteiger partial charge is 0.267 e. The highest BCUT2D eigenvalue weighted by molar-refractivity contribution is 6.30. The molecule has 1 aliphatic heterocycles. The van der Waals surface area contributed by atoms with Crippen LogP contribution in [-0.4, -0.2) is 41.3 Å². The number of nitrogens with zero attached hydrogens (tertiary/aromatic N) is 1. The predicted octanol–water partition coefficient (Wildman–Crippen LogP) is 1.41. The molecule has 0 aliphatic carbocycles. The van der Waals surface area contributed by atoms with E-state index in [9.17, 15) is 9.59 Å². The molecule has 2 N–H and O–H groups in total. The van der Waals surface area contributed by atoms with Crippen molar-refractivity contribution in [3.05, 3.63) is 23.0 Å². The number of aromatic amines is 1. The highest BCUT2D eigenvalue weighted by atomic mass is 35.5. The van der Waals surface area contributed by atoms with E-state index in [0.717, 1.165) is 19.4 Å². The summed E-state index contributed by atoms with van der Waals surface area (Å²) in [6.07, 6.45) is 3.95. The average molecular weight is 270 g/mol. The number of rotatable bonds is 5. The quantitative estimate of drug-likeness (QED) is 0.794. The molecule has 2 heterocycles. The Morgan fingerprint density at radius 3 is 3.00 bits per heavy atom. The lowest BCUT2D eigenvalue weighted by Gasteiger charge is -2.15. The van der Waals surface area contributed by atoms with Crippen LogP contribution in [0.25, 0.3) is 0 Å². The van der Waals surface area contributed by atoms with Crippen LogP contribution in [0.1, 0.15) is 29.8 Å². The van der Waals surface area contributed by atoms with Crippen LogP contribution in [0.5, 0.6) is 0 Å². The minimum atomic E-state index is -0.172. The molecule has 1 aliphatic rings. The van der Waals surface area contributed by atoms with Crippen LogP contribution in [0.2, 0.25) is 5.02 Å². The van der Waals surface area contributed by atoms with E-state index in [2.05, 4.69) is 10.3 Å². The van der Waals surface area contributed by atoms with Gasteiger partial charge in [0.15, 0.2) is 0 Å².